The maximum atomic E-state index is 14.0. The summed E-state index contributed by atoms with van der Waals surface area (Å²) in [6.07, 6.45) is 12.3. The molecule has 0 aromatic carbocycles. The molecular weight excluding hydrogens is 518 g/mol. The largest absolute Gasteiger partial charge is 0.345 e. The SMILES string of the molecule is CC(C)C1=C2C3CCC4C5(C)CCC(C)C5CCC4(C)C3CCC2(C2=[N+]=C(c3ccc(C#N)cn3)N2CCN)CC1=O. The smallest absolute Gasteiger partial charge is 0.328 e. The number of rotatable bonds is 5. The number of allylic oxidation sites excluding steroid dienone is 1. The fourth-order valence-corrected chi connectivity index (χ4v) is 11.8. The number of Topliss-reactive ketones (excluding diaryl/α,β-unsaturated/α-hetero) is 1. The molecule has 2 heterocycles. The summed E-state index contributed by atoms with van der Waals surface area (Å²) < 4.78 is 5.20. The van der Waals surface area contributed by atoms with E-state index < -0.39 is 0 Å². The van der Waals surface area contributed by atoms with Crippen molar-refractivity contribution in [2.24, 2.45) is 57.5 Å². The van der Waals surface area contributed by atoms with Crippen LogP contribution in [0.3, 0.4) is 0 Å². The maximum absolute atomic E-state index is 14.0. The molecule has 1 aromatic heterocycles. The fourth-order valence-electron chi connectivity index (χ4n) is 11.8. The van der Waals surface area contributed by atoms with Crippen molar-refractivity contribution in [3.8, 4) is 6.07 Å². The van der Waals surface area contributed by atoms with Gasteiger partial charge in [-0.15, -0.1) is 0 Å². The number of nitrogens with zero attached hydrogens (tertiary/aromatic N) is 4. The predicted molar refractivity (Wildman–Crippen MR) is 166 cm³/mol. The van der Waals surface area contributed by atoms with E-state index in [9.17, 15) is 10.1 Å². The number of ketones is 1. The first-order valence-corrected chi connectivity index (χ1v) is 16.7. The first kappa shape index (κ1) is 28.1. The summed E-state index contributed by atoms with van der Waals surface area (Å²) >= 11 is 0. The van der Waals surface area contributed by atoms with Gasteiger partial charge in [-0.1, -0.05) is 34.6 Å². The highest BCUT2D eigenvalue weighted by atomic mass is 16.1. The Morgan fingerprint density at radius 3 is 2.52 bits per heavy atom. The summed E-state index contributed by atoms with van der Waals surface area (Å²) in [5.74, 6) is 6.05. The number of hydrogen-bond donors (Lipinski definition) is 1. The molecule has 8 atom stereocenters. The number of pyridine rings is 1. The molecule has 5 aliphatic carbocycles. The quantitative estimate of drug-likeness (QED) is 0.465. The van der Waals surface area contributed by atoms with Crippen molar-refractivity contribution in [1.82, 2.24) is 14.6 Å². The predicted octanol–water partition coefficient (Wildman–Crippen LogP) is 5.64. The highest BCUT2D eigenvalue weighted by Crippen LogP contribution is 2.72. The molecule has 42 heavy (non-hydrogen) atoms. The number of fused-ring (bicyclic) bond motifs is 7. The second kappa shape index (κ2) is 9.63. The van der Waals surface area contributed by atoms with Gasteiger partial charge in [0.05, 0.1) is 12.1 Å². The molecule has 0 radical (unpaired) electrons. The third kappa shape index (κ3) is 3.62. The lowest BCUT2D eigenvalue weighted by atomic mass is 9.40. The van der Waals surface area contributed by atoms with Gasteiger partial charge in [-0.05, 0) is 121 Å². The summed E-state index contributed by atoms with van der Waals surface area (Å²) in [4.78, 5) is 20.8. The standard InChI is InChI=1S/C36H48N5O/c1-21(2)30-28(42)18-36(33-40-32(41(33)17-16-37)27-8-6-23(19-38)20-39-27)15-12-26-24(31(30)36)7-9-29-34(4)13-10-22(3)25(34)11-14-35(26,29)5/h6,8,20-22,24-26,29H,7,9-18,37H2,1-5H3/q+1. The van der Waals surface area contributed by atoms with Crippen LogP contribution < -0.4 is 10.4 Å². The van der Waals surface area contributed by atoms with Gasteiger partial charge in [0.25, 0.3) is 0 Å². The Labute approximate surface area is 251 Å². The number of nitriles is 1. The average molecular weight is 567 g/mol. The summed E-state index contributed by atoms with van der Waals surface area (Å²) in [7, 11) is 0. The van der Waals surface area contributed by atoms with E-state index in [1.165, 1.54) is 50.5 Å². The third-order valence-electron chi connectivity index (χ3n) is 13.4. The van der Waals surface area contributed by atoms with Crippen LogP contribution in [-0.4, -0.2) is 40.4 Å². The Bertz CT molecular complexity index is 1460. The van der Waals surface area contributed by atoms with Gasteiger partial charge in [0.2, 0.25) is 0 Å². The monoisotopic (exact) mass is 566 g/mol. The molecule has 1 aliphatic heterocycles. The number of amidine groups is 2. The van der Waals surface area contributed by atoms with Gasteiger partial charge in [-0.2, -0.15) is 5.26 Å². The van der Waals surface area contributed by atoms with Crippen LogP contribution in [0.2, 0.25) is 0 Å². The second-order valence-electron chi connectivity index (χ2n) is 15.5. The number of carbonyl (C=O) groups is 1. The van der Waals surface area contributed by atoms with Crippen LogP contribution in [0.4, 0.5) is 0 Å². The van der Waals surface area contributed by atoms with Crippen LogP contribution in [0.1, 0.15) is 104 Å². The molecular formula is C36H48N5O+. The third-order valence-corrected chi connectivity index (χ3v) is 13.4. The summed E-state index contributed by atoms with van der Waals surface area (Å²) in [5, 5.41) is 9.25. The minimum Gasteiger partial charge on any atom is -0.328 e. The zero-order valence-electron chi connectivity index (χ0n) is 26.2. The van der Waals surface area contributed by atoms with E-state index in [0.717, 1.165) is 47.1 Å². The number of nitrogens with two attached hydrogens (primary N) is 1. The molecule has 0 saturated heterocycles. The van der Waals surface area contributed by atoms with Crippen molar-refractivity contribution < 1.29 is 4.79 Å². The van der Waals surface area contributed by atoms with Gasteiger partial charge in [-0.3, -0.25) is 4.79 Å². The molecule has 7 rings (SSSR count). The lowest BCUT2D eigenvalue weighted by Crippen LogP contribution is -2.62. The van der Waals surface area contributed by atoms with Crippen LogP contribution >= 0.6 is 0 Å². The Kier molecular flexibility index (Phi) is 6.43. The molecule has 222 valence electrons. The molecule has 4 fully saturated rings. The van der Waals surface area contributed by atoms with Crippen molar-refractivity contribution in [3.63, 3.8) is 0 Å². The molecule has 6 aliphatic rings. The summed E-state index contributed by atoms with van der Waals surface area (Å²) in [6, 6.07) is 5.84. The zero-order valence-corrected chi connectivity index (χ0v) is 26.2. The lowest BCUT2D eigenvalue weighted by Gasteiger charge is -2.64. The molecule has 1 aromatic rings. The van der Waals surface area contributed by atoms with Gasteiger partial charge in [0, 0.05) is 19.2 Å². The molecule has 4 saturated carbocycles. The molecule has 8 unspecified atom stereocenters. The second-order valence-corrected chi connectivity index (χ2v) is 15.5. The molecule has 6 nitrogen and oxygen atoms in total. The zero-order chi connectivity index (χ0) is 29.6. The van der Waals surface area contributed by atoms with Crippen LogP contribution in [0, 0.1) is 63.1 Å². The van der Waals surface area contributed by atoms with E-state index in [-0.39, 0.29) is 11.3 Å². The van der Waals surface area contributed by atoms with E-state index in [0.29, 0.717) is 53.5 Å². The van der Waals surface area contributed by atoms with Gasteiger partial charge in [-0.25, -0.2) is 14.6 Å². The molecule has 2 N–H and O–H groups in total. The van der Waals surface area contributed by atoms with E-state index in [1.807, 2.05) is 6.07 Å². The van der Waals surface area contributed by atoms with Crippen molar-refractivity contribution in [1.29, 1.82) is 5.26 Å². The first-order chi connectivity index (χ1) is 20.1. The van der Waals surface area contributed by atoms with Crippen molar-refractivity contribution in [2.75, 3.05) is 13.1 Å². The molecule has 0 bridgehead atoms. The van der Waals surface area contributed by atoms with Crippen LogP contribution in [0.25, 0.3) is 0 Å². The number of aromatic nitrogens is 1. The minimum absolute atomic E-state index is 0.217. The van der Waals surface area contributed by atoms with Gasteiger partial charge in [0.1, 0.15) is 11.5 Å². The Balaban J connectivity index is 1.32. The highest BCUT2D eigenvalue weighted by molar-refractivity contribution is 6.20. The summed E-state index contributed by atoms with van der Waals surface area (Å²) in [5.41, 5.74) is 10.5. The van der Waals surface area contributed by atoms with Gasteiger partial charge in [0.15, 0.2) is 11.5 Å². The average Bonchev–Trinajstić information content (AvgIpc) is 3.43. The number of hydrogen-bond acceptors (Lipinski definition) is 5. The lowest BCUT2D eigenvalue weighted by molar-refractivity contribution is -0.131. The Morgan fingerprint density at radius 1 is 1.10 bits per heavy atom. The normalized spacial score (nSPS) is 40.5. The number of carbonyl (C=O) groups excluding carboxylic acids is 1. The van der Waals surface area contributed by atoms with Crippen LogP contribution in [0.15, 0.2) is 29.5 Å². The van der Waals surface area contributed by atoms with Crippen LogP contribution in [-0.2, 0) is 4.79 Å². The van der Waals surface area contributed by atoms with E-state index >= 15 is 0 Å². The van der Waals surface area contributed by atoms with Gasteiger partial charge >= 0.3 is 11.7 Å². The van der Waals surface area contributed by atoms with E-state index in [1.54, 1.807) is 12.3 Å². The Hall–Kier alpha value is -2.74. The summed E-state index contributed by atoms with van der Waals surface area (Å²) in [6.45, 7) is 13.4. The van der Waals surface area contributed by atoms with E-state index in [2.05, 4.69) is 50.6 Å². The van der Waals surface area contributed by atoms with Crippen LogP contribution in [0.5, 0.6) is 0 Å². The molecule has 0 amide bonds. The van der Waals surface area contributed by atoms with Gasteiger partial charge < -0.3 is 5.73 Å². The molecule has 0 spiro atoms. The fraction of sp³-hybridized carbons (Fsp3) is 0.694. The minimum atomic E-state index is -0.324. The van der Waals surface area contributed by atoms with Crippen molar-refractivity contribution in [3.05, 3.63) is 40.7 Å². The van der Waals surface area contributed by atoms with Crippen molar-refractivity contribution in [2.45, 2.75) is 92.4 Å². The van der Waals surface area contributed by atoms with E-state index in [4.69, 9.17) is 10.4 Å². The van der Waals surface area contributed by atoms with Crippen molar-refractivity contribution >= 4 is 17.5 Å². The molecule has 6 heteroatoms. The topological polar surface area (TPSA) is 97.1 Å². The first-order valence-electron chi connectivity index (χ1n) is 16.7. The highest BCUT2D eigenvalue weighted by Gasteiger charge is 2.68. The maximum Gasteiger partial charge on any atom is 0.345 e. The Morgan fingerprint density at radius 2 is 1.83 bits per heavy atom.